The number of carbonyl (C=O) groups excluding carboxylic acids is 1. The van der Waals surface area contributed by atoms with Crippen LogP contribution >= 0.6 is 0 Å². The molecule has 0 aromatic heterocycles. The number of unbranched alkanes of at least 4 members (excludes halogenated alkanes) is 1. The fraction of sp³-hybridized carbons (Fsp3) is 0.909. The highest BCUT2D eigenvalue weighted by atomic mass is 16.5. The Kier molecular flexibility index (Phi) is 5.60. The molecule has 0 unspecified atom stereocenters. The predicted molar refractivity (Wildman–Crippen MR) is 56.1 cm³/mol. The van der Waals surface area contributed by atoms with E-state index in [4.69, 9.17) is 4.74 Å². The molecule has 1 saturated carbocycles. The van der Waals surface area contributed by atoms with Gasteiger partial charge in [-0.2, -0.15) is 0 Å². The van der Waals surface area contributed by atoms with Crippen LogP contribution in [0.3, 0.4) is 0 Å². The molecule has 1 rings (SSSR count). The van der Waals surface area contributed by atoms with Crippen LogP contribution in [0.5, 0.6) is 0 Å². The maximum atomic E-state index is 11.5. The maximum Gasteiger partial charge on any atom is 0.223 e. The second kappa shape index (κ2) is 6.82. The van der Waals surface area contributed by atoms with Crippen molar-refractivity contribution >= 4 is 5.91 Å². The Morgan fingerprint density at radius 1 is 1.36 bits per heavy atom. The van der Waals surface area contributed by atoms with E-state index in [2.05, 4.69) is 5.32 Å². The summed E-state index contributed by atoms with van der Waals surface area (Å²) in [5.74, 6) is 0.567. The number of ether oxygens (including phenoxy) is 1. The fourth-order valence-electron chi connectivity index (χ4n) is 1.92. The molecule has 0 atom stereocenters. The lowest BCUT2D eigenvalue weighted by Crippen LogP contribution is -2.30. The molecule has 0 heterocycles. The van der Waals surface area contributed by atoms with Gasteiger partial charge in [-0.3, -0.25) is 4.79 Å². The van der Waals surface area contributed by atoms with Crippen LogP contribution in [0.25, 0.3) is 0 Å². The molecular formula is C11H21NO2. The normalized spacial score (nSPS) is 17.2. The van der Waals surface area contributed by atoms with Crippen LogP contribution in [-0.2, 0) is 9.53 Å². The van der Waals surface area contributed by atoms with Crippen molar-refractivity contribution in [1.29, 1.82) is 0 Å². The number of methoxy groups -OCH3 is 1. The molecule has 1 aliphatic carbocycles. The molecule has 1 fully saturated rings. The smallest absolute Gasteiger partial charge is 0.223 e. The number of carbonyl (C=O) groups is 1. The summed E-state index contributed by atoms with van der Waals surface area (Å²) in [5, 5.41) is 2.99. The largest absolute Gasteiger partial charge is 0.385 e. The summed E-state index contributed by atoms with van der Waals surface area (Å²) in [6.45, 7) is 1.60. The Hall–Kier alpha value is -0.570. The van der Waals surface area contributed by atoms with E-state index in [9.17, 15) is 4.79 Å². The summed E-state index contributed by atoms with van der Waals surface area (Å²) < 4.78 is 4.94. The summed E-state index contributed by atoms with van der Waals surface area (Å²) in [5.41, 5.74) is 0. The Morgan fingerprint density at radius 2 is 2.07 bits per heavy atom. The number of hydrogen-bond donors (Lipinski definition) is 1. The van der Waals surface area contributed by atoms with Gasteiger partial charge >= 0.3 is 0 Å². The zero-order valence-corrected chi connectivity index (χ0v) is 9.05. The van der Waals surface area contributed by atoms with E-state index in [1.54, 1.807) is 7.11 Å². The number of amides is 1. The van der Waals surface area contributed by atoms with E-state index in [-0.39, 0.29) is 5.91 Å². The second-order valence-corrected chi connectivity index (χ2v) is 3.97. The van der Waals surface area contributed by atoms with Crippen LogP contribution in [0.4, 0.5) is 0 Å². The topological polar surface area (TPSA) is 38.3 Å². The van der Waals surface area contributed by atoms with E-state index in [0.29, 0.717) is 5.92 Å². The van der Waals surface area contributed by atoms with Crippen LogP contribution in [0.2, 0.25) is 0 Å². The van der Waals surface area contributed by atoms with Gasteiger partial charge in [0.25, 0.3) is 0 Å². The van der Waals surface area contributed by atoms with Gasteiger partial charge in [-0.1, -0.05) is 12.8 Å². The predicted octanol–water partition coefficient (Wildman–Crippen LogP) is 1.72. The number of nitrogens with one attached hydrogen (secondary N) is 1. The summed E-state index contributed by atoms with van der Waals surface area (Å²) in [6, 6.07) is 0. The van der Waals surface area contributed by atoms with Gasteiger partial charge in [0.15, 0.2) is 0 Å². The first-order chi connectivity index (χ1) is 6.84. The molecule has 0 saturated heterocycles. The van der Waals surface area contributed by atoms with Crippen LogP contribution in [0, 0.1) is 5.92 Å². The van der Waals surface area contributed by atoms with Crippen molar-refractivity contribution in [3.63, 3.8) is 0 Å². The minimum atomic E-state index is 0.264. The molecular weight excluding hydrogens is 178 g/mol. The molecule has 1 aliphatic rings. The molecule has 3 nitrogen and oxygen atoms in total. The second-order valence-electron chi connectivity index (χ2n) is 3.97. The lowest BCUT2D eigenvalue weighted by Gasteiger charge is -2.09. The van der Waals surface area contributed by atoms with Crippen molar-refractivity contribution in [1.82, 2.24) is 5.32 Å². The van der Waals surface area contributed by atoms with E-state index < -0.39 is 0 Å². The van der Waals surface area contributed by atoms with Crippen molar-refractivity contribution < 1.29 is 9.53 Å². The molecule has 82 valence electrons. The number of hydrogen-bond acceptors (Lipinski definition) is 2. The first-order valence-corrected chi connectivity index (χ1v) is 5.61. The van der Waals surface area contributed by atoms with Crippen LogP contribution in [-0.4, -0.2) is 26.2 Å². The molecule has 0 radical (unpaired) electrons. The first kappa shape index (κ1) is 11.5. The fourth-order valence-corrected chi connectivity index (χ4v) is 1.92. The Bertz CT molecular complexity index is 165. The van der Waals surface area contributed by atoms with Crippen LogP contribution in [0.15, 0.2) is 0 Å². The molecule has 0 aromatic rings. The van der Waals surface area contributed by atoms with Crippen LogP contribution < -0.4 is 5.32 Å². The standard InChI is InChI=1S/C11H21NO2/c1-14-9-5-4-8-12-11(13)10-6-2-3-7-10/h10H,2-9H2,1H3,(H,12,13). The third-order valence-electron chi connectivity index (χ3n) is 2.80. The van der Waals surface area contributed by atoms with E-state index >= 15 is 0 Å². The monoisotopic (exact) mass is 199 g/mol. The lowest BCUT2D eigenvalue weighted by atomic mass is 10.1. The summed E-state index contributed by atoms with van der Waals surface area (Å²) in [7, 11) is 1.71. The van der Waals surface area contributed by atoms with Gasteiger partial charge in [0.1, 0.15) is 0 Å². The average molecular weight is 199 g/mol. The average Bonchev–Trinajstić information content (AvgIpc) is 2.70. The number of rotatable bonds is 6. The highest BCUT2D eigenvalue weighted by molar-refractivity contribution is 5.78. The van der Waals surface area contributed by atoms with Gasteiger partial charge in [0, 0.05) is 26.2 Å². The maximum absolute atomic E-state index is 11.5. The SMILES string of the molecule is COCCCCNC(=O)C1CCCC1. The molecule has 0 aliphatic heterocycles. The highest BCUT2D eigenvalue weighted by Crippen LogP contribution is 2.24. The van der Waals surface area contributed by atoms with Crippen molar-refractivity contribution in [2.45, 2.75) is 38.5 Å². The Morgan fingerprint density at radius 3 is 2.71 bits per heavy atom. The Labute approximate surface area is 86.2 Å². The molecule has 14 heavy (non-hydrogen) atoms. The summed E-state index contributed by atoms with van der Waals surface area (Å²) in [6.07, 6.45) is 6.67. The minimum Gasteiger partial charge on any atom is -0.385 e. The lowest BCUT2D eigenvalue weighted by molar-refractivity contribution is -0.124. The highest BCUT2D eigenvalue weighted by Gasteiger charge is 2.21. The minimum absolute atomic E-state index is 0.264. The van der Waals surface area contributed by atoms with Gasteiger partial charge in [0.2, 0.25) is 5.91 Å². The molecule has 1 N–H and O–H groups in total. The van der Waals surface area contributed by atoms with Crippen LogP contribution in [0.1, 0.15) is 38.5 Å². The van der Waals surface area contributed by atoms with Crippen molar-refractivity contribution in [2.24, 2.45) is 5.92 Å². The molecule has 0 spiro atoms. The van der Waals surface area contributed by atoms with Crippen molar-refractivity contribution in [2.75, 3.05) is 20.3 Å². The quantitative estimate of drug-likeness (QED) is 0.661. The van der Waals surface area contributed by atoms with Crippen molar-refractivity contribution in [3.8, 4) is 0 Å². The first-order valence-electron chi connectivity index (χ1n) is 5.61. The Balaban J connectivity index is 1.97. The zero-order chi connectivity index (χ0) is 10.2. The van der Waals surface area contributed by atoms with Gasteiger partial charge in [-0.15, -0.1) is 0 Å². The molecule has 0 aromatic carbocycles. The van der Waals surface area contributed by atoms with E-state index in [1.807, 2.05) is 0 Å². The van der Waals surface area contributed by atoms with Gasteiger partial charge < -0.3 is 10.1 Å². The molecule has 1 amide bonds. The van der Waals surface area contributed by atoms with Crippen molar-refractivity contribution in [3.05, 3.63) is 0 Å². The molecule has 3 heteroatoms. The third kappa shape index (κ3) is 4.09. The van der Waals surface area contributed by atoms with E-state index in [0.717, 1.165) is 38.8 Å². The summed E-state index contributed by atoms with van der Waals surface area (Å²) in [4.78, 5) is 11.5. The van der Waals surface area contributed by atoms with Gasteiger partial charge in [-0.05, 0) is 25.7 Å². The third-order valence-corrected chi connectivity index (χ3v) is 2.80. The van der Waals surface area contributed by atoms with E-state index in [1.165, 1.54) is 12.8 Å². The molecule has 0 bridgehead atoms. The van der Waals surface area contributed by atoms with Gasteiger partial charge in [0.05, 0.1) is 0 Å². The zero-order valence-electron chi connectivity index (χ0n) is 9.05. The van der Waals surface area contributed by atoms with Gasteiger partial charge in [-0.25, -0.2) is 0 Å². The summed E-state index contributed by atoms with van der Waals surface area (Å²) >= 11 is 0.